The fourth-order valence-electron chi connectivity index (χ4n) is 3.48. The maximum Gasteiger partial charge on any atom is 0.338 e. The molecule has 29 heavy (non-hydrogen) atoms. The van der Waals surface area contributed by atoms with E-state index in [9.17, 15) is 18.0 Å². The minimum atomic E-state index is -3.71. The van der Waals surface area contributed by atoms with Crippen LogP contribution in [0.15, 0.2) is 41.3 Å². The lowest BCUT2D eigenvalue weighted by molar-refractivity contribution is 0.0475. The van der Waals surface area contributed by atoms with Crippen molar-refractivity contribution < 1.29 is 22.7 Å². The number of benzene rings is 1. The molecule has 1 aromatic heterocycles. The first-order valence-corrected chi connectivity index (χ1v) is 11.9. The van der Waals surface area contributed by atoms with Gasteiger partial charge in [0.2, 0.25) is 15.8 Å². The zero-order chi connectivity index (χ0) is 21.2. The van der Waals surface area contributed by atoms with Gasteiger partial charge in [-0.05, 0) is 48.6 Å². The zero-order valence-corrected chi connectivity index (χ0v) is 18.5. The van der Waals surface area contributed by atoms with Gasteiger partial charge in [0.25, 0.3) is 0 Å². The minimum Gasteiger partial charge on any atom is -0.454 e. The Morgan fingerprint density at radius 1 is 1.17 bits per heavy atom. The Balaban J connectivity index is 1.71. The summed E-state index contributed by atoms with van der Waals surface area (Å²) in [7, 11) is -3.71. The van der Waals surface area contributed by atoms with Gasteiger partial charge in [0.1, 0.15) is 0 Å². The molecule has 1 saturated heterocycles. The number of thiophene rings is 1. The molecule has 156 valence electrons. The third kappa shape index (κ3) is 5.25. The maximum atomic E-state index is 13.0. The molecule has 9 heteroatoms. The third-order valence-electron chi connectivity index (χ3n) is 4.73. The molecule has 3 rings (SSSR count). The van der Waals surface area contributed by atoms with Gasteiger partial charge in [-0.3, -0.25) is 4.79 Å². The molecule has 2 atom stereocenters. The SMILES string of the molecule is C[C@H]1C[C@H](C)CN(S(=O)(=O)c2cccc(C(=O)OCC(=O)c3ccc(Cl)s3)c2)C1. The van der Waals surface area contributed by atoms with Crippen molar-refractivity contribution in [1.82, 2.24) is 4.31 Å². The summed E-state index contributed by atoms with van der Waals surface area (Å²) in [6, 6.07) is 8.90. The number of ketones is 1. The molecule has 6 nitrogen and oxygen atoms in total. The molecular weight excluding hydrogens is 434 g/mol. The van der Waals surface area contributed by atoms with E-state index in [2.05, 4.69) is 0 Å². The molecule has 0 spiro atoms. The number of halogens is 1. The molecule has 0 N–H and O–H groups in total. The molecule has 2 aromatic rings. The molecule has 1 fully saturated rings. The number of hydrogen-bond donors (Lipinski definition) is 0. The Kier molecular flexibility index (Phi) is 6.78. The smallest absolute Gasteiger partial charge is 0.338 e. The van der Waals surface area contributed by atoms with Crippen LogP contribution in [0.2, 0.25) is 4.34 Å². The molecule has 0 amide bonds. The van der Waals surface area contributed by atoms with Crippen LogP contribution in [0.3, 0.4) is 0 Å². The first-order valence-electron chi connectivity index (χ1n) is 9.22. The summed E-state index contributed by atoms with van der Waals surface area (Å²) >= 11 is 6.91. The second kappa shape index (κ2) is 8.95. The number of esters is 1. The lowest BCUT2D eigenvalue weighted by Crippen LogP contribution is -2.42. The number of ether oxygens (including phenoxy) is 1. The molecule has 0 unspecified atom stereocenters. The molecule has 0 saturated carbocycles. The van der Waals surface area contributed by atoms with E-state index in [1.807, 2.05) is 13.8 Å². The number of rotatable bonds is 6. The normalized spacial score (nSPS) is 20.4. The monoisotopic (exact) mass is 455 g/mol. The fraction of sp³-hybridized carbons (Fsp3) is 0.400. The van der Waals surface area contributed by atoms with Crippen LogP contribution in [-0.2, 0) is 14.8 Å². The van der Waals surface area contributed by atoms with Gasteiger partial charge in [0.15, 0.2) is 6.61 Å². The summed E-state index contributed by atoms with van der Waals surface area (Å²) in [6.07, 6.45) is 0.988. The highest BCUT2D eigenvalue weighted by Gasteiger charge is 2.32. The summed E-state index contributed by atoms with van der Waals surface area (Å²) in [5, 5.41) is 0. The first-order chi connectivity index (χ1) is 13.7. The number of Topliss-reactive ketones (excluding diaryl/α,β-unsaturated/α-hetero) is 1. The average Bonchev–Trinajstić information content (AvgIpc) is 3.11. The van der Waals surface area contributed by atoms with Gasteiger partial charge in [-0.15, -0.1) is 11.3 Å². The summed E-state index contributed by atoms with van der Waals surface area (Å²) in [6.45, 7) is 4.54. The van der Waals surface area contributed by atoms with E-state index >= 15 is 0 Å². The summed E-state index contributed by atoms with van der Waals surface area (Å²) in [5.74, 6) is -0.564. The van der Waals surface area contributed by atoms with E-state index in [0.717, 1.165) is 17.8 Å². The van der Waals surface area contributed by atoms with Crippen LogP contribution in [0, 0.1) is 11.8 Å². The average molecular weight is 456 g/mol. The molecule has 2 heterocycles. The van der Waals surface area contributed by atoms with Gasteiger partial charge < -0.3 is 4.74 Å². The number of sulfonamides is 1. The standard InChI is InChI=1S/C20H22ClNO5S2/c1-13-8-14(2)11-22(10-13)29(25,26)16-5-3-4-15(9-16)20(24)27-12-17(23)18-6-7-19(21)28-18/h3-7,9,13-14H,8,10-12H2,1-2H3/t13-,14-/m0/s1. The second-order valence-corrected chi connectivity index (χ2v) is 11.1. The van der Waals surface area contributed by atoms with Crippen molar-refractivity contribution in [2.45, 2.75) is 25.2 Å². The van der Waals surface area contributed by atoms with Crippen LogP contribution in [0.4, 0.5) is 0 Å². The van der Waals surface area contributed by atoms with Crippen LogP contribution in [-0.4, -0.2) is 44.2 Å². The maximum absolute atomic E-state index is 13.0. The highest BCUT2D eigenvalue weighted by atomic mass is 35.5. The largest absolute Gasteiger partial charge is 0.454 e. The van der Waals surface area contributed by atoms with Crippen LogP contribution < -0.4 is 0 Å². The lowest BCUT2D eigenvalue weighted by atomic mass is 9.94. The number of piperidine rings is 1. The Bertz CT molecular complexity index is 1010. The molecule has 1 aromatic carbocycles. The van der Waals surface area contributed by atoms with Gasteiger partial charge in [-0.2, -0.15) is 4.31 Å². The quantitative estimate of drug-likeness (QED) is 0.483. The Morgan fingerprint density at radius 2 is 1.86 bits per heavy atom. The van der Waals surface area contributed by atoms with Crippen LogP contribution in [0.5, 0.6) is 0 Å². The lowest BCUT2D eigenvalue weighted by Gasteiger charge is -2.34. The zero-order valence-electron chi connectivity index (χ0n) is 16.1. The topological polar surface area (TPSA) is 80.8 Å². The highest BCUT2D eigenvalue weighted by molar-refractivity contribution is 7.89. The van der Waals surface area contributed by atoms with Crippen molar-refractivity contribution in [2.75, 3.05) is 19.7 Å². The number of carbonyl (C=O) groups excluding carboxylic acids is 2. The first kappa shape index (κ1) is 22.0. The van der Waals surface area contributed by atoms with Gasteiger partial charge in [-0.1, -0.05) is 31.5 Å². The second-order valence-electron chi connectivity index (χ2n) is 7.40. The highest BCUT2D eigenvalue weighted by Crippen LogP contribution is 2.27. The van der Waals surface area contributed by atoms with Crippen molar-refractivity contribution in [2.24, 2.45) is 11.8 Å². The van der Waals surface area contributed by atoms with Gasteiger partial charge >= 0.3 is 5.97 Å². The van der Waals surface area contributed by atoms with E-state index in [0.29, 0.717) is 22.3 Å². The van der Waals surface area contributed by atoms with Gasteiger partial charge in [0, 0.05) is 13.1 Å². The summed E-state index contributed by atoms with van der Waals surface area (Å²) in [4.78, 5) is 24.8. The van der Waals surface area contributed by atoms with Gasteiger partial charge in [-0.25, -0.2) is 13.2 Å². The molecule has 1 aliphatic heterocycles. The van der Waals surface area contributed by atoms with Crippen molar-refractivity contribution in [3.05, 3.63) is 51.2 Å². The van der Waals surface area contributed by atoms with Crippen molar-refractivity contribution in [3.63, 3.8) is 0 Å². The Morgan fingerprint density at radius 3 is 2.48 bits per heavy atom. The molecule has 0 aliphatic carbocycles. The summed E-state index contributed by atoms with van der Waals surface area (Å²) < 4.78 is 33.0. The summed E-state index contributed by atoms with van der Waals surface area (Å²) in [5.41, 5.74) is 0.0844. The third-order valence-corrected chi connectivity index (χ3v) is 7.83. The Labute approximate surface area is 179 Å². The number of hydrogen-bond acceptors (Lipinski definition) is 6. The van der Waals surface area contributed by atoms with Crippen molar-refractivity contribution in [3.8, 4) is 0 Å². The molecular formula is C20H22ClNO5S2. The van der Waals surface area contributed by atoms with E-state index in [-0.39, 0.29) is 28.1 Å². The van der Waals surface area contributed by atoms with Crippen molar-refractivity contribution in [1.29, 1.82) is 0 Å². The fourth-order valence-corrected chi connectivity index (χ4v) is 6.18. The predicted octanol–water partition coefficient (Wildman–Crippen LogP) is 4.11. The van der Waals surface area contributed by atoms with Crippen LogP contribution in [0.25, 0.3) is 0 Å². The van der Waals surface area contributed by atoms with E-state index in [1.165, 1.54) is 28.6 Å². The van der Waals surface area contributed by atoms with E-state index in [1.54, 1.807) is 12.1 Å². The number of nitrogens with zero attached hydrogens (tertiary/aromatic N) is 1. The van der Waals surface area contributed by atoms with E-state index in [4.69, 9.17) is 16.3 Å². The van der Waals surface area contributed by atoms with Crippen molar-refractivity contribution >= 4 is 44.7 Å². The molecule has 1 aliphatic rings. The molecule has 0 bridgehead atoms. The predicted molar refractivity (Wildman–Crippen MR) is 112 cm³/mol. The Hall–Kier alpha value is -1.74. The van der Waals surface area contributed by atoms with Gasteiger partial charge in [0.05, 0.1) is 19.7 Å². The molecule has 0 radical (unpaired) electrons. The van der Waals surface area contributed by atoms with E-state index < -0.39 is 22.6 Å². The number of carbonyl (C=O) groups is 2. The van der Waals surface area contributed by atoms with Crippen LogP contribution >= 0.6 is 22.9 Å². The van der Waals surface area contributed by atoms with Crippen LogP contribution in [0.1, 0.15) is 40.3 Å². The minimum absolute atomic E-state index is 0.0459.